The monoisotopic (exact) mass is 294 g/mol. The third-order valence-electron chi connectivity index (χ3n) is 2.91. The van der Waals surface area contributed by atoms with Crippen LogP contribution in [0.3, 0.4) is 0 Å². The topological polar surface area (TPSA) is 55.1 Å². The summed E-state index contributed by atoms with van der Waals surface area (Å²) in [6.45, 7) is 0.492. The Kier molecular flexibility index (Phi) is 4.59. The first-order valence-electron chi connectivity index (χ1n) is 6.26. The van der Waals surface area contributed by atoms with Gasteiger partial charge in [0.25, 0.3) is 5.91 Å². The molecule has 0 radical (unpaired) electrons. The maximum absolute atomic E-state index is 13.4. The number of carbonyl (C=O) groups excluding carboxylic acids is 1. The van der Waals surface area contributed by atoms with E-state index in [1.807, 2.05) is 0 Å². The molecule has 2 aromatic rings. The van der Waals surface area contributed by atoms with Gasteiger partial charge in [-0.15, -0.1) is 0 Å². The van der Waals surface area contributed by atoms with Gasteiger partial charge in [0, 0.05) is 17.7 Å². The summed E-state index contributed by atoms with van der Waals surface area (Å²) in [5, 5.41) is 2.20. The summed E-state index contributed by atoms with van der Waals surface area (Å²) in [4.78, 5) is 11.9. The molecule has 2 rings (SSSR count). The number of hydrogen-bond donors (Lipinski definition) is 2. The first-order valence-corrected chi connectivity index (χ1v) is 6.26. The van der Waals surface area contributed by atoms with E-state index in [2.05, 4.69) is 5.32 Å². The average Bonchev–Trinajstić information content (AvgIpc) is 2.46. The third kappa shape index (κ3) is 3.61. The molecular weight excluding hydrogens is 281 g/mol. The maximum Gasteiger partial charge on any atom is 0.255 e. The van der Waals surface area contributed by atoms with E-state index in [1.54, 1.807) is 24.3 Å². The predicted octanol–water partition coefficient (Wildman–Crippen LogP) is 2.86. The zero-order valence-electron chi connectivity index (χ0n) is 11.0. The molecule has 0 spiro atoms. The second-order valence-corrected chi connectivity index (χ2v) is 4.44. The van der Waals surface area contributed by atoms with Crippen molar-refractivity contribution in [2.45, 2.75) is 6.42 Å². The van der Waals surface area contributed by atoms with Gasteiger partial charge < -0.3 is 11.1 Å². The van der Waals surface area contributed by atoms with Crippen molar-refractivity contribution in [3.8, 4) is 0 Å². The molecule has 0 aliphatic heterocycles. The van der Waals surface area contributed by atoms with Crippen LogP contribution in [0.15, 0.2) is 36.4 Å². The minimum Gasteiger partial charge on any atom is -0.330 e. The van der Waals surface area contributed by atoms with Gasteiger partial charge in [0.15, 0.2) is 11.6 Å². The first kappa shape index (κ1) is 15.1. The maximum atomic E-state index is 13.4. The van der Waals surface area contributed by atoms with Gasteiger partial charge in [0.1, 0.15) is 5.82 Å². The lowest BCUT2D eigenvalue weighted by atomic mass is 10.1. The van der Waals surface area contributed by atoms with Gasteiger partial charge in [-0.05, 0) is 30.7 Å². The van der Waals surface area contributed by atoms with E-state index in [0.29, 0.717) is 25.1 Å². The number of carbonyl (C=O) groups is 1. The summed E-state index contributed by atoms with van der Waals surface area (Å²) < 4.78 is 39.3. The van der Waals surface area contributed by atoms with Crippen LogP contribution in [-0.2, 0) is 6.42 Å². The molecule has 3 N–H and O–H groups in total. The fourth-order valence-electron chi connectivity index (χ4n) is 1.80. The number of nitrogens with two attached hydrogens (primary N) is 1. The second-order valence-electron chi connectivity index (χ2n) is 4.44. The first-order chi connectivity index (χ1) is 10.0. The SMILES string of the molecule is NCCc1ccc(C(=O)Nc2cc(F)c(F)cc2F)cc1. The number of rotatable bonds is 4. The molecule has 1 amide bonds. The van der Waals surface area contributed by atoms with Crippen molar-refractivity contribution >= 4 is 11.6 Å². The van der Waals surface area contributed by atoms with Crippen LogP contribution in [0.1, 0.15) is 15.9 Å². The molecule has 0 atom stereocenters. The van der Waals surface area contributed by atoms with Gasteiger partial charge in [-0.3, -0.25) is 4.79 Å². The lowest BCUT2D eigenvalue weighted by Crippen LogP contribution is -2.13. The fourth-order valence-corrected chi connectivity index (χ4v) is 1.80. The van der Waals surface area contributed by atoms with Crippen molar-refractivity contribution < 1.29 is 18.0 Å². The molecule has 3 nitrogen and oxygen atoms in total. The van der Waals surface area contributed by atoms with Crippen LogP contribution < -0.4 is 11.1 Å². The van der Waals surface area contributed by atoms with Crippen molar-refractivity contribution in [1.29, 1.82) is 0 Å². The van der Waals surface area contributed by atoms with E-state index in [4.69, 9.17) is 5.73 Å². The molecule has 0 saturated heterocycles. The highest BCUT2D eigenvalue weighted by Gasteiger charge is 2.13. The molecule has 0 fully saturated rings. The molecule has 21 heavy (non-hydrogen) atoms. The number of hydrogen-bond acceptors (Lipinski definition) is 2. The Morgan fingerprint density at radius 2 is 1.62 bits per heavy atom. The Bertz CT molecular complexity index is 657. The summed E-state index contributed by atoms with van der Waals surface area (Å²) >= 11 is 0. The molecule has 0 aromatic heterocycles. The molecular formula is C15H13F3N2O. The van der Waals surface area contributed by atoms with Crippen LogP contribution in [-0.4, -0.2) is 12.5 Å². The molecule has 110 valence electrons. The Morgan fingerprint density at radius 3 is 2.24 bits per heavy atom. The van der Waals surface area contributed by atoms with E-state index >= 15 is 0 Å². The normalized spacial score (nSPS) is 10.5. The summed E-state index contributed by atoms with van der Waals surface area (Å²) in [6, 6.07) is 7.55. The zero-order valence-corrected chi connectivity index (χ0v) is 11.0. The average molecular weight is 294 g/mol. The molecule has 6 heteroatoms. The van der Waals surface area contributed by atoms with Gasteiger partial charge in [-0.25, -0.2) is 13.2 Å². The zero-order chi connectivity index (χ0) is 15.4. The Labute approximate surface area is 119 Å². The van der Waals surface area contributed by atoms with Crippen LogP contribution in [0.2, 0.25) is 0 Å². The van der Waals surface area contributed by atoms with Gasteiger partial charge in [-0.1, -0.05) is 12.1 Å². The largest absolute Gasteiger partial charge is 0.330 e. The molecule has 0 aliphatic rings. The number of nitrogens with one attached hydrogen (secondary N) is 1. The van der Waals surface area contributed by atoms with Gasteiger partial charge >= 0.3 is 0 Å². The van der Waals surface area contributed by atoms with Gasteiger partial charge in [0.05, 0.1) is 5.69 Å². The van der Waals surface area contributed by atoms with Crippen molar-refractivity contribution in [2.24, 2.45) is 5.73 Å². The Balaban J connectivity index is 2.16. The van der Waals surface area contributed by atoms with Crippen LogP contribution in [0, 0.1) is 17.5 Å². The van der Waals surface area contributed by atoms with E-state index < -0.39 is 29.0 Å². The highest BCUT2D eigenvalue weighted by molar-refractivity contribution is 6.04. The second kappa shape index (κ2) is 6.41. The van der Waals surface area contributed by atoms with Crippen LogP contribution in [0.25, 0.3) is 0 Å². The summed E-state index contributed by atoms with van der Waals surface area (Å²) in [6.07, 6.45) is 0.680. The van der Waals surface area contributed by atoms with E-state index in [1.165, 1.54) is 0 Å². The highest BCUT2D eigenvalue weighted by atomic mass is 19.2. The Hall–Kier alpha value is -2.34. The molecule has 0 bridgehead atoms. The van der Waals surface area contributed by atoms with Crippen molar-refractivity contribution in [3.63, 3.8) is 0 Å². The lowest BCUT2D eigenvalue weighted by Gasteiger charge is -2.08. The molecule has 0 saturated carbocycles. The van der Waals surface area contributed by atoms with Gasteiger partial charge in [0.2, 0.25) is 0 Å². The molecule has 2 aromatic carbocycles. The van der Waals surface area contributed by atoms with Crippen molar-refractivity contribution in [1.82, 2.24) is 0 Å². The summed E-state index contributed by atoms with van der Waals surface area (Å²) in [5.74, 6) is -4.19. The van der Waals surface area contributed by atoms with E-state index in [0.717, 1.165) is 5.56 Å². The third-order valence-corrected chi connectivity index (χ3v) is 2.91. The van der Waals surface area contributed by atoms with Gasteiger partial charge in [-0.2, -0.15) is 0 Å². The summed E-state index contributed by atoms with van der Waals surface area (Å²) in [7, 11) is 0. The predicted molar refractivity (Wildman–Crippen MR) is 73.5 cm³/mol. The standard InChI is InChI=1S/C15H13F3N2O/c16-11-7-13(18)14(8-12(11)17)20-15(21)10-3-1-9(2-4-10)5-6-19/h1-4,7-8H,5-6,19H2,(H,20,21). The van der Waals surface area contributed by atoms with Crippen LogP contribution >= 0.6 is 0 Å². The van der Waals surface area contributed by atoms with Crippen molar-refractivity contribution in [3.05, 3.63) is 65.0 Å². The summed E-state index contributed by atoms with van der Waals surface area (Å²) in [5.41, 5.74) is 6.25. The van der Waals surface area contributed by atoms with E-state index in [9.17, 15) is 18.0 Å². The molecule has 0 heterocycles. The number of halogens is 3. The van der Waals surface area contributed by atoms with Crippen molar-refractivity contribution in [2.75, 3.05) is 11.9 Å². The Morgan fingerprint density at radius 1 is 1.00 bits per heavy atom. The van der Waals surface area contributed by atoms with Crippen LogP contribution in [0.5, 0.6) is 0 Å². The minimum atomic E-state index is -1.31. The number of benzene rings is 2. The lowest BCUT2D eigenvalue weighted by molar-refractivity contribution is 0.102. The molecule has 0 unspecified atom stereocenters. The smallest absolute Gasteiger partial charge is 0.255 e. The highest BCUT2D eigenvalue weighted by Crippen LogP contribution is 2.19. The number of amides is 1. The van der Waals surface area contributed by atoms with Crippen LogP contribution in [0.4, 0.5) is 18.9 Å². The quantitative estimate of drug-likeness (QED) is 0.852. The van der Waals surface area contributed by atoms with E-state index in [-0.39, 0.29) is 5.56 Å². The fraction of sp³-hybridized carbons (Fsp3) is 0.133. The number of anilines is 1. The minimum absolute atomic E-state index is 0.278. The molecule has 0 aliphatic carbocycles.